The van der Waals surface area contributed by atoms with E-state index in [2.05, 4.69) is 10.6 Å². The predicted octanol–water partition coefficient (Wildman–Crippen LogP) is 3.40. The number of halogens is 1. The zero-order chi connectivity index (χ0) is 17.5. The fraction of sp³-hybridized carbons (Fsp3) is 0.588. The number of hydrogen-bond acceptors (Lipinski definition) is 4. The van der Waals surface area contributed by atoms with Crippen molar-refractivity contribution in [2.24, 2.45) is 0 Å². The van der Waals surface area contributed by atoms with E-state index in [4.69, 9.17) is 9.47 Å². The van der Waals surface area contributed by atoms with Crippen LogP contribution in [0.15, 0.2) is 18.2 Å². The first-order valence-electron chi connectivity index (χ1n) is 7.76. The number of methoxy groups -OCH3 is 1. The summed E-state index contributed by atoms with van der Waals surface area (Å²) in [5.41, 5.74) is 0.0915. The minimum Gasteiger partial charge on any atom is -0.497 e. The Kier molecular flexibility index (Phi) is 7.29. The van der Waals surface area contributed by atoms with Crippen molar-refractivity contribution in [2.75, 3.05) is 20.2 Å². The molecule has 23 heavy (non-hydrogen) atoms. The zero-order valence-corrected chi connectivity index (χ0v) is 14.5. The van der Waals surface area contributed by atoms with Crippen molar-refractivity contribution in [3.8, 4) is 5.75 Å². The van der Waals surface area contributed by atoms with Gasteiger partial charge in [-0.25, -0.2) is 9.18 Å². The van der Waals surface area contributed by atoms with Gasteiger partial charge in [0.25, 0.3) is 0 Å². The molecule has 0 fully saturated rings. The summed E-state index contributed by atoms with van der Waals surface area (Å²) >= 11 is 0. The van der Waals surface area contributed by atoms with Crippen molar-refractivity contribution in [3.63, 3.8) is 0 Å². The van der Waals surface area contributed by atoms with Gasteiger partial charge in [-0.3, -0.25) is 0 Å². The van der Waals surface area contributed by atoms with Gasteiger partial charge >= 0.3 is 6.09 Å². The third kappa shape index (κ3) is 7.32. The smallest absolute Gasteiger partial charge is 0.407 e. The summed E-state index contributed by atoms with van der Waals surface area (Å²) in [5.74, 6) is 0.205. The minimum absolute atomic E-state index is 0.123. The average molecular weight is 326 g/mol. The van der Waals surface area contributed by atoms with Crippen LogP contribution in [0, 0.1) is 5.82 Å². The van der Waals surface area contributed by atoms with Gasteiger partial charge in [-0.2, -0.15) is 0 Å². The Hall–Kier alpha value is -1.82. The van der Waals surface area contributed by atoms with Crippen LogP contribution in [0.3, 0.4) is 0 Å². The molecule has 1 rings (SSSR count). The summed E-state index contributed by atoms with van der Waals surface area (Å²) < 4.78 is 24.1. The maximum Gasteiger partial charge on any atom is 0.407 e. The van der Waals surface area contributed by atoms with Crippen molar-refractivity contribution < 1.29 is 18.7 Å². The number of amides is 1. The Balaban J connectivity index is 2.29. The molecule has 2 N–H and O–H groups in total. The number of benzene rings is 1. The van der Waals surface area contributed by atoms with Gasteiger partial charge in [-0.1, -0.05) is 6.07 Å². The highest BCUT2D eigenvalue weighted by Crippen LogP contribution is 2.21. The first-order chi connectivity index (χ1) is 10.7. The van der Waals surface area contributed by atoms with Crippen molar-refractivity contribution in [2.45, 2.75) is 45.8 Å². The van der Waals surface area contributed by atoms with E-state index in [1.165, 1.54) is 13.2 Å². The molecule has 6 heteroatoms. The third-order valence-electron chi connectivity index (χ3n) is 3.15. The fourth-order valence-corrected chi connectivity index (χ4v) is 2.01. The monoisotopic (exact) mass is 326 g/mol. The van der Waals surface area contributed by atoms with Gasteiger partial charge in [0.1, 0.15) is 17.2 Å². The van der Waals surface area contributed by atoms with Crippen molar-refractivity contribution in [1.82, 2.24) is 10.6 Å². The molecule has 0 aliphatic carbocycles. The molecule has 0 aromatic heterocycles. The quantitative estimate of drug-likeness (QED) is 0.754. The Bertz CT molecular complexity index is 515. The lowest BCUT2D eigenvalue weighted by molar-refractivity contribution is 0.0527. The summed E-state index contributed by atoms with van der Waals surface area (Å²) in [6.45, 7) is 8.51. The minimum atomic E-state index is -0.497. The Morgan fingerprint density at radius 3 is 2.57 bits per heavy atom. The second-order valence-electron chi connectivity index (χ2n) is 6.35. The molecule has 0 heterocycles. The lowest BCUT2D eigenvalue weighted by Gasteiger charge is -2.20. The van der Waals surface area contributed by atoms with Gasteiger partial charge < -0.3 is 20.1 Å². The molecule has 0 radical (unpaired) electrons. The van der Waals surface area contributed by atoms with Crippen LogP contribution in [0.5, 0.6) is 5.75 Å². The zero-order valence-electron chi connectivity index (χ0n) is 14.5. The van der Waals surface area contributed by atoms with Gasteiger partial charge in [0.05, 0.1) is 7.11 Å². The molecule has 130 valence electrons. The number of hydrogen-bond donors (Lipinski definition) is 2. The van der Waals surface area contributed by atoms with E-state index < -0.39 is 11.7 Å². The Labute approximate surface area is 137 Å². The molecule has 0 aliphatic heterocycles. The van der Waals surface area contributed by atoms with E-state index in [1.807, 2.05) is 27.7 Å². The molecule has 1 aromatic carbocycles. The first kappa shape index (κ1) is 19.2. The SMILES string of the molecule is COc1ccc(C(C)NCCCNC(=O)OC(C)(C)C)c(F)c1. The van der Waals surface area contributed by atoms with E-state index in [0.29, 0.717) is 24.4 Å². The third-order valence-corrected chi connectivity index (χ3v) is 3.15. The number of carbonyl (C=O) groups is 1. The molecule has 0 saturated heterocycles. The van der Waals surface area contributed by atoms with Gasteiger partial charge in [0.15, 0.2) is 0 Å². The largest absolute Gasteiger partial charge is 0.497 e. The topological polar surface area (TPSA) is 59.6 Å². The van der Waals surface area contributed by atoms with E-state index in [9.17, 15) is 9.18 Å². The molecular formula is C17H27FN2O3. The maximum absolute atomic E-state index is 13.9. The molecule has 0 spiro atoms. The van der Waals surface area contributed by atoms with Crippen LogP contribution >= 0.6 is 0 Å². The Morgan fingerprint density at radius 1 is 1.30 bits per heavy atom. The van der Waals surface area contributed by atoms with Crippen LogP contribution in [0.1, 0.15) is 45.7 Å². The molecule has 5 nitrogen and oxygen atoms in total. The summed E-state index contributed by atoms with van der Waals surface area (Å²) in [6.07, 6.45) is 0.299. The van der Waals surface area contributed by atoms with Crippen LogP contribution in [-0.4, -0.2) is 31.9 Å². The molecule has 1 aromatic rings. The molecule has 0 bridgehead atoms. The van der Waals surface area contributed by atoms with E-state index in [1.54, 1.807) is 12.1 Å². The van der Waals surface area contributed by atoms with Crippen LogP contribution in [0.4, 0.5) is 9.18 Å². The second kappa shape index (κ2) is 8.72. The van der Waals surface area contributed by atoms with Gasteiger partial charge in [0.2, 0.25) is 0 Å². The lowest BCUT2D eigenvalue weighted by atomic mass is 10.1. The highest BCUT2D eigenvalue weighted by Gasteiger charge is 2.15. The van der Waals surface area contributed by atoms with Gasteiger partial charge in [-0.05, 0) is 46.7 Å². The van der Waals surface area contributed by atoms with Crippen LogP contribution in [0.2, 0.25) is 0 Å². The average Bonchev–Trinajstić information content (AvgIpc) is 2.44. The highest BCUT2D eigenvalue weighted by atomic mass is 19.1. The first-order valence-corrected chi connectivity index (χ1v) is 7.76. The summed E-state index contributed by atoms with van der Waals surface area (Å²) in [4.78, 5) is 11.5. The number of carbonyl (C=O) groups excluding carboxylic acids is 1. The number of ether oxygens (including phenoxy) is 2. The number of rotatable bonds is 7. The maximum atomic E-state index is 13.9. The van der Waals surface area contributed by atoms with Crippen LogP contribution in [-0.2, 0) is 4.74 Å². The summed E-state index contributed by atoms with van der Waals surface area (Å²) in [5, 5.41) is 5.91. The molecule has 1 amide bonds. The van der Waals surface area contributed by atoms with Crippen LogP contribution < -0.4 is 15.4 Å². The summed E-state index contributed by atoms with van der Waals surface area (Å²) in [6, 6.07) is 4.70. The fourth-order valence-electron chi connectivity index (χ4n) is 2.01. The van der Waals surface area contributed by atoms with Gasteiger partial charge in [0, 0.05) is 24.2 Å². The second-order valence-corrected chi connectivity index (χ2v) is 6.35. The highest BCUT2D eigenvalue weighted by molar-refractivity contribution is 5.67. The standard InChI is InChI=1S/C17H27FN2O3/c1-12(14-8-7-13(22-5)11-15(14)18)19-9-6-10-20-16(21)23-17(2,3)4/h7-8,11-12,19H,6,9-10H2,1-5H3,(H,20,21). The van der Waals surface area contributed by atoms with Crippen molar-refractivity contribution >= 4 is 6.09 Å². The van der Waals surface area contributed by atoms with E-state index in [-0.39, 0.29) is 11.9 Å². The molecule has 1 unspecified atom stereocenters. The normalized spacial score (nSPS) is 12.6. The summed E-state index contributed by atoms with van der Waals surface area (Å²) in [7, 11) is 1.51. The van der Waals surface area contributed by atoms with Crippen molar-refractivity contribution in [3.05, 3.63) is 29.6 Å². The lowest BCUT2D eigenvalue weighted by Crippen LogP contribution is -2.34. The van der Waals surface area contributed by atoms with Crippen LogP contribution in [0.25, 0.3) is 0 Å². The number of nitrogens with one attached hydrogen (secondary N) is 2. The van der Waals surface area contributed by atoms with Gasteiger partial charge in [-0.15, -0.1) is 0 Å². The van der Waals surface area contributed by atoms with Crippen molar-refractivity contribution in [1.29, 1.82) is 0 Å². The molecule has 0 saturated carbocycles. The molecule has 1 atom stereocenters. The molecule has 0 aliphatic rings. The van der Waals surface area contributed by atoms with E-state index in [0.717, 1.165) is 6.42 Å². The Morgan fingerprint density at radius 2 is 2.00 bits per heavy atom. The predicted molar refractivity (Wildman–Crippen MR) is 88.2 cm³/mol. The molecular weight excluding hydrogens is 299 g/mol. The van der Waals surface area contributed by atoms with E-state index >= 15 is 0 Å². The number of alkyl carbamates (subject to hydrolysis) is 1.